The number of hydrogen-bond donors (Lipinski definition) is 0. The maximum atomic E-state index is 5.87. The highest BCUT2D eigenvalue weighted by atomic mass is 16.5. The predicted octanol–water partition coefficient (Wildman–Crippen LogP) is 2.98. The molecule has 22 heavy (non-hydrogen) atoms. The molecule has 5 nitrogen and oxygen atoms in total. The van der Waals surface area contributed by atoms with Crippen LogP contribution in [0.25, 0.3) is 0 Å². The lowest BCUT2D eigenvalue weighted by atomic mass is 9.98. The first kappa shape index (κ1) is 15.0. The number of likely N-dealkylation sites (tertiary alicyclic amines) is 1. The van der Waals surface area contributed by atoms with E-state index in [1.807, 2.05) is 32.0 Å². The van der Waals surface area contributed by atoms with Crippen molar-refractivity contribution in [2.24, 2.45) is 5.92 Å². The van der Waals surface area contributed by atoms with Gasteiger partial charge in [-0.1, -0.05) is 11.2 Å². The van der Waals surface area contributed by atoms with E-state index in [1.54, 1.807) is 6.20 Å². The number of aromatic nitrogens is 2. The second kappa shape index (κ2) is 6.92. The van der Waals surface area contributed by atoms with E-state index in [0.717, 1.165) is 62.0 Å². The molecule has 2 aromatic heterocycles. The lowest BCUT2D eigenvalue weighted by Gasteiger charge is -2.31. The first-order valence-electron chi connectivity index (χ1n) is 7.89. The largest absolute Gasteiger partial charge is 0.477 e. The molecule has 118 valence electrons. The third kappa shape index (κ3) is 3.85. The quantitative estimate of drug-likeness (QED) is 0.850. The SMILES string of the molecule is Cc1cc(CN2CCC(COc3ncccc3C)CC2)on1. The van der Waals surface area contributed by atoms with Crippen molar-refractivity contribution >= 4 is 0 Å². The molecule has 0 atom stereocenters. The minimum atomic E-state index is 0.606. The van der Waals surface area contributed by atoms with Crippen LogP contribution in [-0.4, -0.2) is 34.7 Å². The van der Waals surface area contributed by atoms with Crippen LogP contribution < -0.4 is 4.74 Å². The summed E-state index contributed by atoms with van der Waals surface area (Å²) >= 11 is 0. The van der Waals surface area contributed by atoms with Crippen LogP contribution in [0.1, 0.15) is 29.9 Å². The van der Waals surface area contributed by atoms with Crippen LogP contribution in [0, 0.1) is 19.8 Å². The Morgan fingerprint density at radius 1 is 1.32 bits per heavy atom. The van der Waals surface area contributed by atoms with Gasteiger partial charge in [-0.2, -0.15) is 0 Å². The molecule has 0 radical (unpaired) electrons. The van der Waals surface area contributed by atoms with Crippen molar-refractivity contribution in [2.45, 2.75) is 33.2 Å². The minimum Gasteiger partial charge on any atom is -0.477 e. The number of aryl methyl sites for hydroxylation is 2. The van der Waals surface area contributed by atoms with Crippen molar-refractivity contribution in [3.63, 3.8) is 0 Å². The van der Waals surface area contributed by atoms with Crippen molar-refractivity contribution in [1.82, 2.24) is 15.0 Å². The molecule has 0 N–H and O–H groups in total. The molecular weight excluding hydrogens is 278 g/mol. The summed E-state index contributed by atoms with van der Waals surface area (Å²) in [6.45, 7) is 7.76. The van der Waals surface area contributed by atoms with Crippen LogP contribution in [-0.2, 0) is 6.54 Å². The van der Waals surface area contributed by atoms with Crippen molar-refractivity contribution in [3.8, 4) is 5.88 Å². The van der Waals surface area contributed by atoms with Crippen molar-refractivity contribution in [1.29, 1.82) is 0 Å². The Balaban J connectivity index is 1.43. The lowest BCUT2D eigenvalue weighted by molar-refractivity contribution is 0.126. The summed E-state index contributed by atoms with van der Waals surface area (Å²) in [6.07, 6.45) is 4.09. The van der Waals surface area contributed by atoms with Gasteiger partial charge in [0.15, 0.2) is 5.76 Å². The van der Waals surface area contributed by atoms with Gasteiger partial charge in [0.2, 0.25) is 5.88 Å². The van der Waals surface area contributed by atoms with E-state index in [2.05, 4.69) is 15.0 Å². The molecule has 0 amide bonds. The molecule has 1 aliphatic heterocycles. The van der Waals surface area contributed by atoms with Gasteiger partial charge in [-0.25, -0.2) is 4.98 Å². The molecule has 1 saturated heterocycles. The number of nitrogens with zero attached hydrogens (tertiary/aromatic N) is 3. The highest BCUT2D eigenvalue weighted by Crippen LogP contribution is 2.21. The Labute approximate surface area is 131 Å². The number of ether oxygens (including phenoxy) is 1. The molecular formula is C17H23N3O2. The fourth-order valence-corrected chi connectivity index (χ4v) is 2.84. The van der Waals surface area contributed by atoms with Gasteiger partial charge in [-0.3, -0.25) is 4.90 Å². The van der Waals surface area contributed by atoms with Crippen LogP contribution in [0.5, 0.6) is 5.88 Å². The highest BCUT2D eigenvalue weighted by molar-refractivity contribution is 5.23. The first-order valence-corrected chi connectivity index (χ1v) is 7.89. The third-order valence-corrected chi connectivity index (χ3v) is 4.18. The molecule has 2 aromatic rings. The predicted molar refractivity (Wildman–Crippen MR) is 83.7 cm³/mol. The summed E-state index contributed by atoms with van der Waals surface area (Å²) in [6, 6.07) is 5.98. The third-order valence-electron chi connectivity index (χ3n) is 4.18. The van der Waals surface area contributed by atoms with Gasteiger partial charge in [0, 0.05) is 17.8 Å². The maximum Gasteiger partial charge on any atom is 0.216 e. The maximum absolute atomic E-state index is 5.87. The number of pyridine rings is 1. The zero-order valence-electron chi connectivity index (χ0n) is 13.3. The summed E-state index contributed by atoms with van der Waals surface area (Å²) in [7, 11) is 0. The van der Waals surface area contributed by atoms with Gasteiger partial charge in [0.05, 0.1) is 18.8 Å². The van der Waals surface area contributed by atoms with Crippen LogP contribution >= 0.6 is 0 Å². The lowest BCUT2D eigenvalue weighted by Crippen LogP contribution is -2.35. The minimum absolute atomic E-state index is 0.606. The number of hydrogen-bond acceptors (Lipinski definition) is 5. The van der Waals surface area contributed by atoms with E-state index in [9.17, 15) is 0 Å². The normalized spacial score (nSPS) is 16.8. The first-order chi connectivity index (χ1) is 10.7. The molecule has 1 fully saturated rings. The molecule has 0 bridgehead atoms. The van der Waals surface area contributed by atoms with E-state index in [0.29, 0.717) is 5.92 Å². The molecule has 0 spiro atoms. The van der Waals surface area contributed by atoms with Crippen molar-refractivity contribution in [3.05, 3.63) is 41.4 Å². The molecule has 5 heteroatoms. The van der Waals surface area contributed by atoms with E-state index in [1.165, 1.54) is 0 Å². The van der Waals surface area contributed by atoms with Gasteiger partial charge >= 0.3 is 0 Å². The van der Waals surface area contributed by atoms with E-state index in [-0.39, 0.29) is 0 Å². The topological polar surface area (TPSA) is 51.4 Å². The van der Waals surface area contributed by atoms with Crippen molar-refractivity contribution in [2.75, 3.05) is 19.7 Å². The molecule has 3 rings (SSSR count). The summed E-state index contributed by atoms with van der Waals surface area (Å²) in [5.74, 6) is 2.33. The van der Waals surface area contributed by atoms with Crippen LogP contribution in [0.2, 0.25) is 0 Å². The fourth-order valence-electron chi connectivity index (χ4n) is 2.84. The zero-order valence-corrected chi connectivity index (χ0v) is 13.3. The zero-order chi connectivity index (χ0) is 15.4. The summed E-state index contributed by atoms with van der Waals surface area (Å²) in [5.41, 5.74) is 2.05. The number of rotatable bonds is 5. The highest BCUT2D eigenvalue weighted by Gasteiger charge is 2.21. The summed E-state index contributed by atoms with van der Waals surface area (Å²) in [5, 5.41) is 3.94. The van der Waals surface area contributed by atoms with E-state index >= 15 is 0 Å². The standard InChI is InChI=1S/C17H23N3O2/c1-13-4-3-7-18-17(13)21-12-15-5-8-20(9-6-15)11-16-10-14(2)19-22-16/h3-4,7,10,15H,5-6,8-9,11-12H2,1-2H3. The summed E-state index contributed by atoms with van der Waals surface area (Å²) in [4.78, 5) is 6.70. The van der Waals surface area contributed by atoms with Crippen molar-refractivity contribution < 1.29 is 9.26 Å². The van der Waals surface area contributed by atoms with Crippen LogP contribution in [0.3, 0.4) is 0 Å². The van der Waals surface area contributed by atoms with E-state index < -0.39 is 0 Å². The van der Waals surface area contributed by atoms with E-state index in [4.69, 9.17) is 9.26 Å². The molecule has 3 heterocycles. The monoisotopic (exact) mass is 301 g/mol. The molecule has 0 aromatic carbocycles. The van der Waals surface area contributed by atoms with Gasteiger partial charge in [0.1, 0.15) is 0 Å². The molecule has 0 saturated carbocycles. The van der Waals surface area contributed by atoms with Gasteiger partial charge < -0.3 is 9.26 Å². The molecule has 0 aliphatic carbocycles. The smallest absolute Gasteiger partial charge is 0.216 e. The Bertz CT molecular complexity index is 603. The number of piperidine rings is 1. The Kier molecular flexibility index (Phi) is 4.73. The van der Waals surface area contributed by atoms with Gasteiger partial charge in [-0.05, 0) is 51.8 Å². The molecule has 0 unspecified atom stereocenters. The second-order valence-electron chi connectivity index (χ2n) is 6.09. The molecule has 1 aliphatic rings. The van der Waals surface area contributed by atoms with Gasteiger partial charge in [-0.15, -0.1) is 0 Å². The average Bonchev–Trinajstić information content (AvgIpc) is 2.93. The Morgan fingerprint density at radius 2 is 2.14 bits per heavy atom. The van der Waals surface area contributed by atoms with Crippen LogP contribution in [0.15, 0.2) is 28.9 Å². The Morgan fingerprint density at radius 3 is 2.82 bits per heavy atom. The fraction of sp³-hybridized carbons (Fsp3) is 0.529. The summed E-state index contributed by atoms with van der Waals surface area (Å²) < 4.78 is 11.2. The van der Waals surface area contributed by atoms with Gasteiger partial charge in [0.25, 0.3) is 0 Å². The Hall–Kier alpha value is -1.88. The second-order valence-corrected chi connectivity index (χ2v) is 6.09. The van der Waals surface area contributed by atoms with Crippen LogP contribution in [0.4, 0.5) is 0 Å². The average molecular weight is 301 g/mol.